The molecule has 116 valence electrons. The van der Waals surface area contributed by atoms with Crippen molar-refractivity contribution >= 4 is 29.2 Å². The Morgan fingerprint density at radius 2 is 2.05 bits per heavy atom. The van der Waals surface area contributed by atoms with Gasteiger partial charge < -0.3 is 4.74 Å². The van der Waals surface area contributed by atoms with Crippen molar-refractivity contribution in [3.8, 4) is 0 Å². The van der Waals surface area contributed by atoms with Crippen LogP contribution in [0.25, 0.3) is 0 Å². The molecule has 1 aromatic carbocycles. The van der Waals surface area contributed by atoms with E-state index in [1.165, 1.54) is 12.0 Å². The lowest BCUT2D eigenvalue weighted by molar-refractivity contribution is -0.129. The monoisotopic (exact) mass is 320 g/mol. The average Bonchev–Trinajstić information content (AvgIpc) is 2.74. The maximum absolute atomic E-state index is 12.5. The summed E-state index contributed by atoms with van der Waals surface area (Å²) in [7, 11) is 3.14. The van der Waals surface area contributed by atoms with Crippen LogP contribution in [0.5, 0.6) is 0 Å². The highest BCUT2D eigenvalue weighted by Crippen LogP contribution is 2.19. The minimum atomic E-state index is -0.572. The number of carbonyl (C=O) groups is 1. The summed E-state index contributed by atoms with van der Waals surface area (Å²) in [5.74, 6) is -0.127. The molecule has 0 aromatic heterocycles. The van der Waals surface area contributed by atoms with Crippen molar-refractivity contribution < 1.29 is 9.53 Å². The smallest absolute Gasteiger partial charge is 0.295 e. The second-order valence-corrected chi connectivity index (χ2v) is 5.63. The lowest BCUT2D eigenvalue weighted by Crippen LogP contribution is -2.54. The molecule has 0 fully saturated rings. The van der Waals surface area contributed by atoms with E-state index in [4.69, 9.17) is 16.3 Å². The van der Waals surface area contributed by atoms with Crippen molar-refractivity contribution in [3.63, 3.8) is 0 Å². The summed E-state index contributed by atoms with van der Waals surface area (Å²) in [5, 5.41) is 3.93. The van der Waals surface area contributed by atoms with Gasteiger partial charge in [-0.25, -0.2) is 4.99 Å². The summed E-state index contributed by atoms with van der Waals surface area (Å²) >= 11 is 5.92. The molecule has 22 heavy (non-hydrogen) atoms. The quantitative estimate of drug-likeness (QED) is 0.848. The van der Waals surface area contributed by atoms with Crippen molar-refractivity contribution in [1.29, 1.82) is 0 Å². The third-order valence-corrected chi connectivity index (χ3v) is 4.04. The Kier molecular flexibility index (Phi) is 4.13. The Labute approximate surface area is 133 Å². The summed E-state index contributed by atoms with van der Waals surface area (Å²) in [6.45, 7) is 0.695. The van der Waals surface area contributed by atoms with Gasteiger partial charge in [-0.1, -0.05) is 23.7 Å². The van der Waals surface area contributed by atoms with Crippen LogP contribution < -0.4 is 5.32 Å². The predicted octanol–water partition coefficient (Wildman–Crippen LogP) is 1.29. The highest BCUT2D eigenvalue weighted by molar-refractivity contribution is 6.30. The zero-order chi connectivity index (χ0) is 15.7. The van der Waals surface area contributed by atoms with Gasteiger partial charge >= 0.3 is 0 Å². The van der Waals surface area contributed by atoms with Gasteiger partial charge in [0.25, 0.3) is 11.9 Å². The number of nitrogens with one attached hydrogen (secondary N) is 1. The fourth-order valence-corrected chi connectivity index (χ4v) is 2.73. The van der Waals surface area contributed by atoms with Crippen LogP contribution in [0.15, 0.2) is 34.3 Å². The minimum Gasteiger partial charge on any atom is -0.468 e. The number of benzene rings is 1. The molecule has 0 radical (unpaired) electrons. The molecule has 1 N–H and O–H groups in total. The van der Waals surface area contributed by atoms with Gasteiger partial charge in [0.15, 0.2) is 6.04 Å². The highest BCUT2D eigenvalue weighted by Gasteiger charge is 2.38. The number of hydrogen-bond acceptors (Lipinski definition) is 5. The zero-order valence-corrected chi connectivity index (χ0v) is 13.2. The van der Waals surface area contributed by atoms with Gasteiger partial charge in [-0.15, -0.1) is 0 Å². The Morgan fingerprint density at radius 3 is 2.73 bits per heavy atom. The van der Waals surface area contributed by atoms with Crippen LogP contribution in [0.2, 0.25) is 5.02 Å². The second-order valence-electron chi connectivity index (χ2n) is 5.19. The summed E-state index contributed by atoms with van der Waals surface area (Å²) < 4.78 is 5.14. The number of rotatable bonds is 1. The molecule has 0 saturated heterocycles. The molecule has 2 aliphatic heterocycles. The van der Waals surface area contributed by atoms with Crippen molar-refractivity contribution in [2.45, 2.75) is 18.6 Å². The molecule has 0 aliphatic carbocycles. The average molecular weight is 321 g/mol. The number of fused-ring (bicyclic) bond motifs is 1. The van der Waals surface area contributed by atoms with E-state index in [1.807, 2.05) is 24.3 Å². The van der Waals surface area contributed by atoms with Gasteiger partial charge in [0, 0.05) is 30.7 Å². The predicted molar refractivity (Wildman–Crippen MR) is 85.4 cm³/mol. The van der Waals surface area contributed by atoms with E-state index < -0.39 is 6.04 Å². The number of aliphatic imine (C=N–C) groups is 2. The summed E-state index contributed by atoms with van der Waals surface area (Å²) in [5.41, 5.74) is 1.86. The summed E-state index contributed by atoms with van der Waals surface area (Å²) in [6, 6.07) is 7.22. The third kappa shape index (κ3) is 2.71. The molecule has 1 amide bonds. The van der Waals surface area contributed by atoms with Gasteiger partial charge in [-0.3, -0.25) is 20.0 Å². The van der Waals surface area contributed by atoms with Gasteiger partial charge in [0.2, 0.25) is 0 Å². The van der Waals surface area contributed by atoms with Gasteiger partial charge in [-0.2, -0.15) is 0 Å². The van der Waals surface area contributed by atoms with E-state index in [2.05, 4.69) is 15.3 Å². The topological polar surface area (TPSA) is 66.3 Å². The molecular weight excluding hydrogens is 304 g/mol. The van der Waals surface area contributed by atoms with E-state index in [9.17, 15) is 4.79 Å². The lowest BCUT2D eigenvalue weighted by atomic mass is 10.1. The molecule has 0 bridgehead atoms. The van der Waals surface area contributed by atoms with Crippen molar-refractivity contribution in [1.82, 2.24) is 10.2 Å². The van der Waals surface area contributed by atoms with Crippen LogP contribution in [0.1, 0.15) is 12.0 Å². The van der Waals surface area contributed by atoms with Crippen LogP contribution in [-0.4, -0.2) is 55.5 Å². The number of carbonyl (C=O) groups excluding carboxylic acids is 1. The van der Waals surface area contributed by atoms with E-state index in [-0.39, 0.29) is 12.1 Å². The van der Waals surface area contributed by atoms with E-state index in [1.54, 1.807) is 7.05 Å². The number of amidine groups is 1. The van der Waals surface area contributed by atoms with Crippen LogP contribution >= 0.6 is 11.6 Å². The highest BCUT2D eigenvalue weighted by atomic mass is 35.5. The van der Waals surface area contributed by atoms with Gasteiger partial charge in [-0.05, 0) is 17.7 Å². The summed E-state index contributed by atoms with van der Waals surface area (Å²) in [4.78, 5) is 23.0. The molecule has 7 heteroatoms. The first-order chi connectivity index (χ1) is 10.6. The maximum atomic E-state index is 12.5. The van der Waals surface area contributed by atoms with Crippen molar-refractivity contribution in [2.24, 2.45) is 9.98 Å². The largest absolute Gasteiger partial charge is 0.468 e. The Morgan fingerprint density at radius 1 is 1.32 bits per heavy atom. The van der Waals surface area contributed by atoms with Crippen molar-refractivity contribution in [3.05, 3.63) is 34.9 Å². The second kappa shape index (κ2) is 6.06. The number of nitrogens with zero attached hydrogens (tertiary/aromatic N) is 3. The molecular formula is C15H17ClN4O2. The fourth-order valence-electron chi connectivity index (χ4n) is 2.61. The molecule has 3 rings (SSSR count). The lowest BCUT2D eigenvalue weighted by Gasteiger charge is -2.30. The van der Waals surface area contributed by atoms with Crippen LogP contribution in [-0.2, 0) is 9.53 Å². The van der Waals surface area contributed by atoms with Gasteiger partial charge in [0.05, 0.1) is 7.11 Å². The Bertz CT molecular complexity index is 641. The SMILES string of the molecule is COC1=NC2NCCC(c3ccc(Cl)cc3)=NC2C(=O)N1C. The summed E-state index contributed by atoms with van der Waals surface area (Å²) in [6.07, 6.45) is 0.340. The number of hydrogen-bond donors (Lipinski definition) is 1. The van der Waals surface area contributed by atoms with Gasteiger partial charge in [0.1, 0.15) is 6.17 Å². The Hall–Kier alpha value is -1.92. The van der Waals surface area contributed by atoms with E-state index in [0.717, 1.165) is 17.7 Å². The fraction of sp³-hybridized carbons (Fsp3) is 0.400. The molecule has 0 spiro atoms. The van der Waals surface area contributed by atoms with E-state index in [0.29, 0.717) is 17.6 Å². The maximum Gasteiger partial charge on any atom is 0.295 e. The zero-order valence-electron chi connectivity index (χ0n) is 12.4. The molecule has 6 nitrogen and oxygen atoms in total. The number of likely N-dealkylation sites (N-methyl/N-ethyl adjacent to an activating group) is 1. The molecule has 2 heterocycles. The van der Waals surface area contributed by atoms with Crippen molar-refractivity contribution in [2.75, 3.05) is 20.7 Å². The molecule has 1 aromatic rings. The number of methoxy groups -OCH3 is 1. The standard InChI is InChI=1S/C15H17ClN4O2/c1-20-14(21)12-13(19-15(20)22-2)17-8-7-11(18-12)9-3-5-10(16)6-4-9/h3-6,12-13,17H,7-8H2,1-2H3. The first-order valence-electron chi connectivity index (χ1n) is 7.05. The van der Waals surface area contributed by atoms with Crippen LogP contribution in [0.3, 0.4) is 0 Å². The molecule has 2 atom stereocenters. The molecule has 2 aliphatic rings. The molecule has 2 unspecified atom stereocenters. The van der Waals surface area contributed by atoms with E-state index >= 15 is 0 Å². The number of amides is 1. The Balaban J connectivity index is 1.96. The van der Waals surface area contributed by atoms with Crippen LogP contribution in [0, 0.1) is 0 Å². The normalized spacial score (nSPS) is 25.0. The first-order valence-corrected chi connectivity index (χ1v) is 7.43. The number of ether oxygens (including phenoxy) is 1. The number of halogens is 1. The minimum absolute atomic E-state index is 0.127. The van der Waals surface area contributed by atoms with Crippen LogP contribution in [0.4, 0.5) is 0 Å². The third-order valence-electron chi connectivity index (χ3n) is 3.79. The molecule has 0 saturated carbocycles. The first kappa shape index (κ1) is 15.0.